The number of ketones is 1. The first-order valence-electron chi connectivity index (χ1n) is 4.64. The number of hydrogen-bond donors (Lipinski definition) is 1. The third kappa shape index (κ3) is 1.51. The molecular formula is C11H12BrNO. The average molecular weight is 254 g/mol. The van der Waals surface area contributed by atoms with Gasteiger partial charge in [0.25, 0.3) is 0 Å². The lowest BCUT2D eigenvalue weighted by molar-refractivity contribution is -0.128. The van der Waals surface area contributed by atoms with Crippen LogP contribution in [0.25, 0.3) is 0 Å². The molecule has 1 aliphatic carbocycles. The number of rotatable bonds is 2. The van der Waals surface area contributed by atoms with Gasteiger partial charge in [0.05, 0.1) is 0 Å². The van der Waals surface area contributed by atoms with Gasteiger partial charge in [0, 0.05) is 29.3 Å². The molecule has 2 rings (SSSR count). The van der Waals surface area contributed by atoms with E-state index in [0.29, 0.717) is 25.2 Å². The first kappa shape index (κ1) is 9.87. The van der Waals surface area contributed by atoms with Crippen molar-refractivity contribution in [1.29, 1.82) is 0 Å². The third-order valence-corrected chi connectivity index (χ3v) is 3.45. The van der Waals surface area contributed by atoms with Gasteiger partial charge in [-0.3, -0.25) is 4.79 Å². The highest BCUT2D eigenvalue weighted by atomic mass is 79.9. The molecule has 1 saturated carbocycles. The average Bonchev–Trinajstić information content (AvgIpc) is 2.14. The molecule has 3 heteroatoms. The first-order valence-corrected chi connectivity index (χ1v) is 5.43. The number of carbonyl (C=O) groups excluding carboxylic acids is 1. The molecular weight excluding hydrogens is 242 g/mol. The smallest absolute Gasteiger partial charge is 0.134 e. The van der Waals surface area contributed by atoms with E-state index in [1.165, 1.54) is 5.56 Å². The maximum absolute atomic E-state index is 11.0. The zero-order valence-corrected chi connectivity index (χ0v) is 9.38. The van der Waals surface area contributed by atoms with Crippen molar-refractivity contribution in [3.8, 4) is 0 Å². The maximum Gasteiger partial charge on any atom is 0.134 e. The van der Waals surface area contributed by atoms with Gasteiger partial charge in [0.2, 0.25) is 0 Å². The molecule has 0 aliphatic heterocycles. The SMILES string of the molecule is NCC1(c2ccc(Br)cc2)CC(=O)C1. The van der Waals surface area contributed by atoms with Crippen LogP contribution >= 0.6 is 15.9 Å². The number of hydrogen-bond acceptors (Lipinski definition) is 2. The largest absolute Gasteiger partial charge is 0.330 e. The minimum atomic E-state index is -0.0716. The molecule has 0 radical (unpaired) electrons. The zero-order chi connectivity index (χ0) is 10.2. The third-order valence-electron chi connectivity index (χ3n) is 2.92. The van der Waals surface area contributed by atoms with Crippen molar-refractivity contribution in [3.05, 3.63) is 34.3 Å². The molecule has 0 atom stereocenters. The van der Waals surface area contributed by atoms with Gasteiger partial charge in [0.1, 0.15) is 5.78 Å². The van der Waals surface area contributed by atoms with Crippen molar-refractivity contribution >= 4 is 21.7 Å². The number of benzene rings is 1. The fraction of sp³-hybridized carbons (Fsp3) is 0.364. The van der Waals surface area contributed by atoms with Gasteiger partial charge in [-0.25, -0.2) is 0 Å². The lowest BCUT2D eigenvalue weighted by atomic mass is 9.64. The van der Waals surface area contributed by atoms with Gasteiger partial charge in [-0.15, -0.1) is 0 Å². The summed E-state index contributed by atoms with van der Waals surface area (Å²) >= 11 is 3.39. The Morgan fingerprint density at radius 2 is 1.86 bits per heavy atom. The Balaban J connectivity index is 2.29. The Morgan fingerprint density at radius 3 is 2.29 bits per heavy atom. The molecule has 14 heavy (non-hydrogen) atoms. The molecule has 0 aromatic heterocycles. The topological polar surface area (TPSA) is 43.1 Å². The maximum atomic E-state index is 11.0. The Kier molecular flexibility index (Phi) is 2.45. The van der Waals surface area contributed by atoms with Crippen LogP contribution < -0.4 is 5.73 Å². The van der Waals surface area contributed by atoms with E-state index >= 15 is 0 Å². The van der Waals surface area contributed by atoms with Crippen molar-refractivity contribution in [1.82, 2.24) is 0 Å². The van der Waals surface area contributed by atoms with E-state index in [4.69, 9.17) is 5.73 Å². The standard InChI is InChI=1S/C11H12BrNO/c12-9-3-1-8(2-4-9)11(7-13)5-10(14)6-11/h1-4H,5-7,13H2. The Bertz CT molecular complexity index is 350. The molecule has 0 unspecified atom stereocenters. The second-order valence-electron chi connectivity index (χ2n) is 3.88. The monoisotopic (exact) mass is 253 g/mol. The Hall–Kier alpha value is -0.670. The molecule has 1 fully saturated rings. The quantitative estimate of drug-likeness (QED) is 0.877. The number of Topliss-reactive ketones (excluding diaryl/α,β-unsaturated/α-hetero) is 1. The van der Waals surface area contributed by atoms with Crippen molar-refractivity contribution in [2.75, 3.05) is 6.54 Å². The van der Waals surface area contributed by atoms with Crippen molar-refractivity contribution in [2.45, 2.75) is 18.3 Å². The minimum absolute atomic E-state index is 0.0716. The lowest BCUT2D eigenvalue weighted by Gasteiger charge is -2.40. The van der Waals surface area contributed by atoms with Crippen LogP contribution in [-0.4, -0.2) is 12.3 Å². The predicted molar refractivity (Wildman–Crippen MR) is 59.1 cm³/mol. The van der Waals surface area contributed by atoms with E-state index in [2.05, 4.69) is 15.9 Å². The lowest BCUT2D eigenvalue weighted by Crippen LogP contribution is -2.47. The van der Waals surface area contributed by atoms with Gasteiger partial charge in [-0.1, -0.05) is 28.1 Å². The molecule has 2 N–H and O–H groups in total. The summed E-state index contributed by atoms with van der Waals surface area (Å²) in [6.07, 6.45) is 1.20. The second-order valence-corrected chi connectivity index (χ2v) is 4.80. The number of carbonyl (C=O) groups is 1. The van der Waals surface area contributed by atoms with Crippen molar-refractivity contribution in [3.63, 3.8) is 0 Å². The molecule has 1 aromatic carbocycles. The fourth-order valence-electron chi connectivity index (χ4n) is 1.97. The summed E-state index contributed by atoms with van der Waals surface area (Å²) in [5, 5.41) is 0. The van der Waals surface area contributed by atoms with Crippen LogP contribution in [0.2, 0.25) is 0 Å². The minimum Gasteiger partial charge on any atom is -0.330 e. The number of halogens is 1. The Labute approximate surface area is 91.6 Å². The Morgan fingerprint density at radius 1 is 1.29 bits per heavy atom. The summed E-state index contributed by atoms with van der Waals surface area (Å²) in [5.74, 6) is 0.318. The van der Waals surface area contributed by atoms with Gasteiger partial charge >= 0.3 is 0 Å². The van der Waals surface area contributed by atoms with Gasteiger partial charge in [-0.05, 0) is 17.7 Å². The summed E-state index contributed by atoms with van der Waals surface area (Å²) in [4.78, 5) is 11.0. The number of nitrogens with two attached hydrogens (primary N) is 1. The fourth-order valence-corrected chi connectivity index (χ4v) is 2.24. The molecule has 2 nitrogen and oxygen atoms in total. The summed E-state index contributed by atoms with van der Waals surface area (Å²) in [6, 6.07) is 8.08. The normalized spacial score (nSPS) is 19.1. The van der Waals surface area contributed by atoms with Crippen LogP contribution in [0.4, 0.5) is 0 Å². The first-order chi connectivity index (χ1) is 6.66. The van der Waals surface area contributed by atoms with Gasteiger partial charge in [-0.2, -0.15) is 0 Å². The molecule has 0 saturated heterocycles. The van der Waals surface area contributed by atoms with E-state index in [-0.39, 0.29) is 5.41 Å². The van der Waals surface area contributed by atoms with E-state index in [9.17, 15) is 4.79 Å². The predicted octanol–water partition coefficient (Wildman–Crippen LogP) is 2.01. The summed E-state index contributed by atoms with van der Waals surface area (Å²) < 4.78 is 1.05. The van der Waals surface area contributed by atoms with Crippen molar-refractivity contribution < 1.29 is 4.79 Å². The van der Waals surface area contributed by atoms with E-state index in [1.807, 2.05) is 24.3 Å². The van der Waals surface area contributed by atoms with Crippen LogP contribution in [0.3, 0.4) is 0 Å². The van der Waals surface area contributed by atoms with Crippen molar-refractivity contribution in [2.24, 2.45) is 5.73 Å². The molecule has 0 bridgehead atoms. The molecule has 0 heterocycles. The van der Waals surface area contributed by atoms with Gasteiger partial charge in [0.15, 0.2) is 0 Å². The molecule has 0 spiro atoms. The van der Waals surface area contributed by atoms with Crippen LogP contribution in [0.15, 0.2) is 28.7 Å². The molecule has 74 valence electrons. The molecule has 1 aliphatic rings. The van der Waals surface area contributed by atoms with Crippen LogP contribution in [0.5, 0.6) is 0 Å². The summed E-state index contributed by atoms with van der Waals surface area (Å²) in [6.45, 7) is 0.556. The highest BCUT2D eigenvalue weighted by Gasteiger charge is 2.43. The second kappa shape index (κ2) is 3.48. The van der Waals surface area contributed by atoms with Gasteiger partial charge < -0.3 is 5.73 Å². The van der Waals surface area contributed by atoms with E-state index in [1.54, 1.807) is 0 Å². The van der Waals surface area contributed by atoms with Crippen LogP contribution in [-0.2, 0) is 10.2 Å². The van der Waals surface area contributed by atoms with Crippen LogP contribution in [0, 0.1) is 0 Å². The molecule has 1 aromatic rings. The summed E-state index contributed by atoms with van der Waals surface area (Å²) in [5.41, 5.74) is 6.85. The highest BCUT2D eigenvalue weighted by Crippen LogP contribution is 2.40. The van der Waals surface area contributed by atoms with E-state index < -0.39 is 0 Å². The molecule has 0 amide bonds. The zero-order valence-electron chi connectivity index (χ0n) is 7.79. The van der Waals surface area contributed by atoms with E-state index in [0.717, 1.165) is 4.47 Å². The highest BCUT2D eigenvalue weighted by molar-refractivity contribution is 9.10. The summed E-state index contributed by atoms with van der Waals surface area (Å²) in [7, 11) is 0. The van der Waals surface area contributed by atoms with Crippen LogP contribution in [0.1, 0.15) is 18.4 Å².